The van der Waals surface area contributed by atoms with Crippen LogP contribution in [0.4, 0.5) is 4.39 Å². The maximum Gasteiger partial charge on any atom is 0.191 e. The third-order valence-electron chi connectivity index (χ3n) is 3.68. The van der Waals surface area contributed by atoms with Crippen molar-refractivity contribution in [1.82, 2.24) is 0 Å². The molecule has 0 heterocycles. The lowest BCUT2D eigenvalue weighted by molar-refractivity contribution is -0.879. The molecule has 2 nitrogen and oxygen atoms in total. The molecule has 0 N–H and O–H groups in total. The molecular weight excluding hydrogens is 301 g/mol. The Kier molecular flexibility index (Phi) is 9.95. The van der Waals surface area contributed by atoms with Crippen LogP contribution in [0.5, 0.6) is 0 Å². The number of allylic oxidation sites excluding steroid dienone is 1. The van der Waals surface area contributed by atoms with Gasteiger partial charge in [0.15, 0.2) is 5.78 Å². The predicted molar refractivity (Wildman–Crippen MR) is 85.6 cm³/mol. The Balaban J connectivity index is 0.00000441. The van der Waals surface area contributed by atoms with Gasteiger partial charge in [0.25, 0.3) is 0 Å². The van der Waals surface area contributed by atoms with Crippen LogP contribution in [0.25, 0.3) is 0 Å². The van der Waals surface area contributed by atoms with Gasteiger partial charge in [0.2, 0.25) is 0 Å². The number of hydrogen-bond donors (Lipinski definition) is 0. The minimum absolute atomic E-state index is 0. The van der Waals surface area contributed by atoms with Crippen molar-refractivity contribution >= 4 is 5.78 Å². The number of halogens is 2. The molecule has 1 rings (SSSR count). The molecule has 0 aliphatic heterocycles. The van der Waals surface area contributed by atoms with Gasteiger partial charge in [-0.1, -0.05) is 20.8 Å². The van der Waals surface area contributed by atoms with Crippen LogP contribution in [-0.4, -0.2) is 29.9 Å². The molecule has 0 atom stereocenters. The average Bonchev–Trinajstić information content (AvgIpc) is 2.46. The first-order chi connectivity index (χ1) is 10.1. The second-order valence-corrected chi connectivity index (χ2v) is 5.58. The maximum atomic E-state index is 12.9. The molecule has 4 heteroatoms. The zero-order chi connectivity index (χ0) is 15.7. The van der Waals surface area contributed by atoms with E-state index < -0.39 is 0 Å². The maximum absolute atomic E-state index is 12.9. The summed E-state index contributed by atoms with van der Waals surface area (Å²) in [5.41, 5.74) is 0.537. The van der Waals surface area contributed by atoms with E-state index in [0.717, 1.165) is 43.4 Å². The van der Waals surface area contributed by atoms with Crippen LogP contribution in [0.2, 0.25) is 0 Å². The molecule has 0 bridgehead atoms. The summed E-state index contributed by atoms with van der Waals surface area (Å²) in [4.78, 5) is 12.2. The van der Waals surface area contributed by atoms with Gasteiger partial charge >= 0.3 is 0 Å². The summed E-state index contributed by atoms with van der Waals surface area (Å²) in [5.74, 6) is -0.371. The van der Waals surface area contributed by atoms with Gasteiger partial charge in [-0.15, -0.1) is 0 Å². The molecule has 0 saturated carbocycles. The van der Waals surface area contributed by atoms with Crippen LogP contribution in [-0.2, 0) is 0 Å². The van der Waals surface area contributed by atoms with Gasteiger partial charge in [-0.25, -0.2) is 4.39 Å². The van der Waals surface area contributed by atoms with Crippen molar-refractivity contribution in [2.45, 2.75) is 40.0 Å². The second-order valence-electron chi connectivity index (χ2n) is 5.58. The molecule has 0 saturated heterocycles. The van der Waals surface area contributed by atoms with Gasteiger partial charge in [0, 0.05) is 11.6 Å². The molecule has 0 fully saturated rings. The average molecular weight is 328 g/mol. The van der Waals surface area contributed by atoms with E-state index in [9.17, 15) is 9.18 Å². The van der Waals surface area contributed by atoms with E-state index in [4.69, 9.17) is 0 Å². The molecule has 0 radical (unpaired) electrons. The van der Waals surface area contributed by atoms with Crippen molar-refractivity contribution in [2.24, 2.45) is 0 Å². The van der Waals surface area contributed by atoms with E-state index >= 15 is 0 Å². The van der Waals surface area contributed by atoms with Crippen LogP contribution in [0.3, 0.4) is 0 Å². The number of carbonyl (C=O) groups is 1. The Morgan fingerprint density at radius 1 is 1.00 bits per heavy atom. The number of nitrogens with zero attached hydrogens (tertiary/aromatic N) is 1. The third-order valence-corrected chi connectivity index (χ3v) is 3.68. The fraction of sp³-hybridized carbons (Fsp3) is 0.500. The predicted octanol–water partition coefficient (Wildman–Crippen LogP) is 1.57. The first kappa shape index (κ1) is 20.8. The highest BCUT2D eigenvalue weighted by Crippen LogP contribution is 2.14. The van der Waals surface area contributed by atoms with E-state index in [1.165, 1.54) is 24.3 Å². The Labute approximate surface area is 140 Å². The van der Waals surface area contributed by atoms with Crippen LogP contribution < -0.4 is 12.4 Å². The van der Waals surface area contributed by atoms with Gasteiger partial charge in [-0.05, 0) is 43.5 Å². The lowest BCUT2D eigenvalue weighted by atomic mass is 10.1. The smallest absolute Gasteiger partial charge is 0.191 e. The van der Waals surface area contributed by atoms with E-state index in [0.29, 0.717) is 5.56 Å². The zero-order valence-electron chi connectivity index (χ0n) is 13.8. The summed E-state index contributed by atoms with van der Waals surface area (Å²) in [6, 6.07) is 5.73. The topological polar surface area (TPSA) is 17.1 Å². The Bertz CT molecular complexity index is 453. The lowest BCUT2D eigenvalue weighted by Gasteiger charge is -2.34. The number of carbonyl (C=O) groups excluding carboxylic acids is 1. The summed E-state index contributed by atoms with van der Waals surface area (Å²) < 4.78 is 13.8. The minimum atomic E-state index is -0.316. The van der Waals surface area contributed by atoms with Crippen molar-refractivity contribution in [3.63, 3.8) is 0 Å². The van der Waals surface area contributed by atoms with Gasteiger partial charge in [0.1, 0.15) is 5.82 Å². The van der Waals surface area contributed by atoms with Gasteiger partial charge < -0.3 is 12.4 Å². The lowest BCUT2D eigenvalue weighted by Crippen LogP contribution is -3.00. The number of rotatable bonds is 9. The molecule has 0 unspecified atom stereocenters. The Morgan fingerprint density at radius 3 is 1.86 bits per heavy atom. The van der Waals surface area contributed by atoms with Crippen molar-refractivity contribution in [3.05, 3.63) is 47.9 Å². The third kappa shape index (κ3) is 6.29. The molecule has 0 spiro atoms. The summed E-state index contributed by atoms with van der Waals surface area (Å²) in [7, 11) is 0. The fourth-order valence-electron chi connectivity index (χ4n) is 2.83. The van der Waals surface area contributed by atoms with E-state index in [1.807, 2.05) is 6.20 Å². The molecule has 1 aromatic rings. The largest absolute Gasteiger partial charge is 1.00 e. The fourth-order valence-corrected chi connectivity index (χ4v) is 2.83. The number of ketones is 1. The van der Waals surface area contributed by atoms with Crippen molar-refractivity contribution in [1.29, 1.82) is 0 Å². The van der Waals surface area contributed by atoms with E-state index in [-0.39, 0.29) is 24.0 Å². The summed E-state index contributed by atoms with van der Waals surface area (Å²) in [5, 5.41) is 0. The summed E-state index contributed by atoms with van der Waals surface area (Å²) in [6.45, 7) is 9.68. The Hall–Kier alpha value is -1.19. The second kappa shape index (κ2) is 10.5. The molecule has 0 amide bonds. The van der Waals surface area contributed by atoms with Gasteiger partial charge in [-0.2, -0.15) is 0 Å². The molecule has 1 aromatic carbocycles. The van der Waals surface area contributed by atoms with Crippen LogP contribution in [0, 0.1) is 5.82 Å². The zero-order valence-corrected chi connectivity index (χ0v) is 14.6. The highest BCUT2D eigenvalue weighted by molar-refractivity contribution is 6.04. The van der Waals surface area contributed by atoms with E-state index in [2.05, 4.69) is 20.8 Å². The highest BCUT2D eigenvalue weighted by atomic mass is 35.5. The van der Waals surface area contributed by atoms with Crippen LogP contribution in [0.1, 0.15) is 50.4 Å². The quantitative estimate of drug-likeness (QED) is 0.382. The molecule has 0 aliphatic rings. The monoisotopic (exact) mass is 327 g/mol. The first-order valence-corrected chi connectivity index (χ1v) is 7.91. The van der Waals surface area contributed by atoms with Gasteiger partial charge in [-0.3, -0.25) is 9.28 Å². The SMILES string of the molecule is CCC[N+](C=CC(=O)c1ccc(F)cc1)(CCC)CCC.[Cl-]. The number of quaternary nitrogens is 1. The number of hydrogen-bond acceptors (Lipinski definition) is 1. The standard InChI is InChI=1S/C18H27FNO.ClH/c1-4-12-20(13-5-2,14-6-3)15-11-18(21)16-7-9-17(19)10-8-16;/h7-11,15H,4-6,12-14H2,1-3H3;1H/q+1;/p-1. The van der Waals surface area contributed by atoms with Crippen molar-refractivity contribution in [3.8, 4) is 0 Å². The van der Waals surface area contributed by atoms with Gasteiger partial charge in [0.05, 0.1) is 25.8 Å². The Morgan fingerprint density at radius 2 is 1.45 bits per heavy atom. The van der Waals surface area contributed by atoms with E-state index in [1.54, 1.807) is 6.08 Å². The molecule has 22 heavy (non-hydrogen) atoms. The first-order valence-electron chi connectivity index (χ1n) is 7.91. The normalized spacial score (nSPS) is 11.5. The minimum Gasteiger partial charge on any atom is -1.00 e. The molecule has 124 valence electrons. The van der Waals surface area contributed by atoms with Crippen molar-refractivity contribution < 1.29 is 26.1 Å². The molecule has 0 aliphatic carbocycles. The molecule has 0 aromatic heterocycles. The number of benzene rings is 1. The van der Waals surface area contributed by atoms with Crippen LogP contribution >= 0.6 is 0 Å². The van der Waals surface area contributed by atoms with Crippen molar-refractivity contribution in [2.75, 3.05) is 19.6 Å². The summed E-state index contributed by atoms with van der Waals surface area (Å²) >= 11 is 0. The van der Waals surface area contributed by atoms with Crippen LogP contribution in [0.15, 0.2) is 36.5 Å². The summed E-state index contributed by atoms with van der Waals surface area (Å²) in [6.07, 6.45) is 6.98. The highest BCUT2D eigenvalue weighted by Gasteiger charge is 2.22. The molecular formula is C18H27ClFNO.